The highest BCUT2D eigenvalue weighted by Gasteiger charge is 1.91. The maximum absolute atomic E-state index is 12.1. The van der Waals surface area contributed by atoms with Crippen molar-refractivity contribution >= 4 is 5.69 Å². The molecule has 1 rings (SSSR count). The second-order valence-electron chi connectivity index (χ2n) is 2.55. The highest BCUT2D eigenvalue weighted by Crippen LogP contribution is 2.09. The molecular formula is C9H13FN2. The summed E-state index contributed by atoms with van der Waals surface area (Å²) in [7, 11) is 0. The van der Waals surface area contributed by atoms with Crippen molar-refractivity contribution in [1.82, 2.24) is 0 Å². The molecule has 0 fully saturated rings. The Bertz CT molecular complexity index is 220. The van der Waals surface area contributed by atoms with Crippen LogP contribution in [-0.4, -0.2) is 13.1 Å². The Hall–Kier alpha value is -1.09. The number of hydrogen-bond acceptors (Lipinski definition) is 2. The van der Waals surface area contributed by atoms with Gasteiger partial charge >= 0.3 is 0 Å². The summed E-state index contributed by atoms with van der Waals surface area (Å²) in [4.78, 5) is 0. The molecular weight excluding hydrogens is 155 g/mol. The number of halogens is 1. The third-order valence-corrected chi connectivity index (χ3v) is 1.58. The molecule has 0 bridgehead atoms. The first-order valence-electron chi connectivity index (χ1n) is 3.95. The van der Waals surface area contributed by atoms with Crippen LogP contribution >= 0.6 is 0 Å². The highest BCUT2D eigenvalue weighted by molar-refractivity contribution is 5.44. The van der Waals surface area contributed by atoms with Crippen molar-refractivity contribution in [3.8, 4) is 0 Å². The second kappa shape index (κ2) is 4.72. The van der Waals surface area contributed by atoms with E-state index in [1.807, 2.05) is 12.1 Å². The Morgan fingerprint density at radius 1 is 1.25 bits per heavy atom. The fourth-order valence-corrected chi connectivity index (χ4v) is 0.928. The van der Waals surface area contributed by atoms with E-state index in [9.17, 15) is 4.39 Å². The van der Waals surface area contributed by atoms with Crippen LogP contribution in [0.15, 0.2) is 24.3 Å². The summed E-state index contributed by atoms with van der Waals surface area (Å²) < 4.78 is 12.1. The number of nitrogens with one attached hydrogen (secondary N) is 1. The van der Waals surface area contributed by atoms with Crippen LogP contribution < -0.4 is 11.1 Å². The maximum atomic E-state index is 12.1. The van der Waals surface area contributed by atoms with E-state index < -0.39 is 6.67 Å². The van der Waals surface area contributed by atoms with Gasteiger partial charge in [0.05, 0.1) is 0 Å². The first kappa shape index (κ1) is 9.00. The van der Waals surface area contributed by atoms with E-state index in [4.69, 9.17) is 5.73 Å². The Morgan fingerprint density at radius 2 is 1.92 bits per heavy atom. The lowest BCUT2D eigenvalue weighted by molar-refractivity contribution is 0.485. The van der Waals surface area contributed by atoms with Crippen molar-refractivity contribution in [2.75, 3.05) is 18.4 Å². The summed E-state index contributed by atoms with van der Waals surface area (Å²) in [6.45, 7) is 0.941. The van der Waals surface area contributed by atoms with Crippen LogP contribution in [0.4, 0.5) is 10.1 Å². The van der Waals surface area contributed by atoms with Gasteiger partial charge in [0.1, 0.15) is 6.67 Å². The van der Waals surface area contributed by atoms with Crippen molar-refractivity contribution < 1.29 is 4.39 Å². The fraction of sp³-hybridized carbons (Fsp3) is 0.333. The van der Waals surface area contributed by atoms with Crippen molar-refractivity contribution in [1.29, 1.82) is 0 Å². The number of hydrogen-bond donors (Lipinski definition) is 2. The number of rotatable bonds is 4. The van der Waals surface area contributed by atoms with E-state index in [1.54, 1.807) is 12.1 Å². The molecule has 0 amide bonds. The van der Waals surface area contributed by atoms with Crippen LogP contribution in [-0.2, 0) is 6.67 Å². The van der Waals surface area contributed by atoms with Crippen LogP contribution in [0.3, 0.4) is 0 Å². The summed E-state index contributed by atoms with van der Waals surface area (Å²) >= 11 is 0. The normalized spacial score (nSPS) is 9.83. The molecule has 0 unspecified atom stereocenters. The van der Waals surface area contributed by atoms with Gasteiger partial charge in [0.15, 0.2) is 0 Å². The first-order chi connectivity index (χ1) is 5.86. The average molecular weight is 168 g/mol. The van der Waals surface area contributed by atoms with E-state index in [1.165, 1.54) is 0 Å². The minimum absolute atomic E-state index is 0.406. The number of anilines is 1. The van der Waals surface area contributed by atoms with Gasteiger partial charge < -0.3 is 11.1 Å². The largest absolute Gasteiger partial charge is 0.384 e. The van der Waals surface area contributed by atoms with Gasteiger partial charge in [0.25, 0.3) is 0 Å². The van der Waals surface area contributed by atoms with Gasteiger partial charge in [-0.3, -0.25) is 0 Å². The van der Waals surface area contributed by atoms with Crippen molar-refractivity contribution in [3.05, 3.63) is 29.8 Å². The molecule has 0 saturated carbocycles. The summed E-state index contributed by atoms with van der Waals surface area (Å²) in [6.07, 6.45) is 0. The number of nitrogens with two attached hydrogens (primary N) is 1. The molecule has 0 atom stereocenters. The topological polar surface area (TPSA) is 38.0 Å². The van der Waals surface area contributed by atoms with Gasteiger partial charge in [-0.1, -0.05) is 12.1 Å². The Morgan fingerprint density at radius 3 is 2.42 bits per heavy atom. The molecule has 0 aromatic heterocycles. The highest BCUT2D eigenvalue weighted by atomic mass is 19.1. The zero-order valence-corrected chi connectivity index (χ0v) is 6.89. The van der Waals surface area contributed by atoms with Crippen LogP contribution in [0.5, 0.6) is 0 Å². The molecule has 1 aromatic rings. The van der Waals surface area contributed by atoms with E-state index in [0.29, 0.717) is 12.1 Å². The zero-order chi connectivity index (χ0) is 8.81. The monoisotopic (exact) mass is 168 g/mol. The van der Waals surface area contributed by atoms with Crippen molar-refractivity contribution in [3.63, 3.8) is 0 Å². The molecule has 0 radical (unpaired) electrons. The molecule has 12 heavy (non-hydrogen) atoms. The molecule has 0 saturated heterocycles. The van der Waals surface area contributed by atoms with Gasteiger partial charge in [0, 0.05) is 18.8 Å². The maximum Gasteiger partial charge on any atom is 0.115 e. The van der Waals surface area contributed by atoms with Crippen LogP contribution in [0.25, 0.3) is 0 Å². The Labute approximate surface area is 71.6 Å². The predicted octanol–water partition coefficient (Wildman–Crippen LogP) is 1.53. The summed E-state index contributed by atoms with van der Waals surface area (Å²) in [5.74, 6) is 0. The predicted molar refractivity (Wildman–Crippen MR) is 48.8 cm³/mol. The molecule has 0 aliphatic heterocycles. The second-order valence-corrected chi connectivity index (χ2v) is 2.55. The van der Waals surface area contributed by atoms with E-state index in [2.05, 4.69) is 5.32 Å². The third kappa shape index (κ3) is 2.51. The van der Waals surface area contributed by atoms with Gasteiger partial charge in [-0.15, -0.1) is 0 Å². The average Bonchev–Trinajstić information content (AvgIpc) is 2.15. The third-order valence-electron chi connectivity index (χ3n) is 1.58. The fourth-order valence-electron chi connectivity index (χ4n) is 0.928. The minimum Gasteiger partial charge on any atom is -0.384 e. The lowest BCUT2D eigenvalue weighted by Crippen LogP contribution is -2.12. The van der Waals surface area contributed by atoms with Gasteiger partial charge in [-0.2, -0.15) is 0 Å². The zero-order valence-electron chi connectivity index (χ0n) is 6.89. The minimum atomic E-state index is -0.406. The smallest absolute Gasteiger partial charge is 0.115 e. The molecule has 0 spiro atoms. The van der Waals surface area contributed by atoms with E-state index >= 15 is 0 Å². The molecule has 3 heteroatoms. The lowest BCUT2D eigenvalue weighted by Gasteiger charge is -2.03. The Kier molecular flexibility index (Phi) is 3.54. The summed E-state index contributed by atoms with van der Waals surface area (Å²) in [6, 6.07) is 7.23. The lowest BCUT2D eigenvalue weighted by atomic mass is 10.2. The quantitative estimate of drug-likeness (QED) is 0.715. The van der Waals surface area contributed by atoms with Gasteiger partial charge in [-0.05, 0) is 17.7 Å². The molecule has 66 valence electrons. The molecule has 2 nitrogen and oxygen atoms in total. The molecule has 3 N–H and O–H groups in total. The molecule has 0 aliphatic rings. The SMILES string of the molecule is NCCNc1ccc(CF)cc1. The van der Waals surface area contributed by atoms with E-state index in [0.717, 1.165) is 12.2 Å². The first-order valence-corrected chi connectivity index (χ1v) is 3.95. The van der Waals surface area contributed by atoms with Crippen LogP contribution in [0.2, 0.25) is 0 Å². The van der Waals surface area contributed by atoms with Crippen molar-refractivity contribution in [2.24, 2.45) is 5.73 Å². The molecule has 0 aliphatic carbocycles. The van der Waals surface area contributed by atoms with Crippen molar-refractivity contribution in [2.45, 2.75) is 6.67 Å². The summed E-state index contributed by atoms with van der Waals surface area (Å²) in [5, 5.41) is 3.10. The molecule has 1 aromatic carbocycles. The summed E-state index contributed by atoms with van der Waals surface area (Å²) in [5.41, 5.74) is 7.00. The Balaban J connectivity index is 2.53. The standard InChI is InChI=1S/C9H13FN2/c10-7-8-1-3-9(4-2-8)12-6-5-11/h1-4,12H,5-7,11H2. The number of alkyl halides is 1. The molecule has 0 heterocycles. The van der Waals surface area contributed by atoms with Gasteiger partial charge in [0.2, 0.25) is 0 Å². The van der Waals surface area contributed by atoms with E-state index in [-0.39, 0.29) is 0 Å². The number of benzene rings is 1. The van der Waals surface area contributed by atoms with Crippen LogP contribution in [0.1, 0.15) is 5.56 Å². The van der Waals surface area contributed by atoms with Crippen LogP contribution in [0, 0.1) is 0 Å². The van der Waals surface area contributed by atoms with Gasteiger partial charge in [-0.25, -0.2) is 4.39 Å².